The maximum Gasteiger partial charge on any atom is 0.511 e. The monoisotopic (exact) mass is 329 g/mol. The largest absolute Gasteiger partial charge is 0.511 e. The molecule has 0 amide bonds. The van der Waals surface area contributed by atoms with E-state index in [9.17, 15) is 22.8 Å². The highest BCUT2D eigenvalue weighted by molar-refractivity contribution is 5.87. The van der Waals surface area contributed by atoms with Gasteiger partial charge in [0.05, 0.1) is 30.3 Å². The summed E-state index contributed by atoms with van der Waals surface area (Å²) in [5.41, 5.74) is -1.12. The van der Waals surface area contributed by atoms with Gasteiger partial charge in [-0.1, -0.05) is 0 Å². The molecule has 3 rings (SSSR count). The van der Waals surface area contributed by atoms with E-state index in [0.29, 0.717) is 6.07 Å². The molecule has 1 aromatic heterocycles. The second-order valence-corrected chi connectivity index (χ2v) is 5.02. The van der Waals surface area contributed by atoms with Gasteiger partial charge in [0.2, 0.25) is 11.2 Å². The van der Waals surface area contributed by atoms with Gasteiger partial charge in [0.25, 0.3) is 0 Å². The Morgan fingerprint density at radius 2 is 2.09 bits per heavy atom. The summed E-state index contributed by atoms with van der Waals surface area (Å²) in [7, 11) is 1.08. The first-order chi connectivity index (χ1) is 10.8. The first-order valence-corrected chi connectivity index (χ1v) is 6.50. The molecular formula is C14H10F3NO5. The number of benzene rings is 1. The van der Waals surface area contributed by atoms with Crippen molar-refractivity contribution in [3.05, 3.63) is 34.1 Å². The van der Waals surface area contributed by atoms with Gasteiger partial charge >= 0.3 is 6.16 Å². The molecule has 1 heterocycles. The topological polar surface area (TPSA) is 77.8 Å². The lowest BCUT2D eigenvalue weighted by Crippen LogP contribution is -2.17. The number of halogens is 3. The second kappa shape index (κ2) is 5.18. The number of alkyl halides is 1. The first kappa shape index (κ1) is 15.2. The van der Waals surface area contributed by atoms with Crippen molar-refractivity contribution in [2.75, 3.05) is 7.11 Å². The second-order valence-electron chi connectivity index (χ2n) is 5.02. The Morgan fingerprint density at radius 1 is 1.43 bits per heavy atom. The lowest BCUT2D eigenvalue weighted by Gasteiger charge is -2.15. The Labute approximate surface area is 126 Å². The number of aromatic nitrogens is 1. The molecule has 122 valence electrons. The van der Waals surface area contributed by atoms with Crippen LogP contribution in [0.15, 0.2) is 17.1 Å². The SMILES string of the molecule is COc1c(F)c(F)cc2c(=O)c(OC(=O)O)cn([C@@H]3C[C@H]3F)c12. The fourth-order valence-corrected chi connectivity index (χ4v) is 2.46. The molecule has 23 heavy (non-hydrogen) atoms. The molecule has 1 aliphatic rings. The van der Waals surface area contributed by atoms with Gasteiger partial charge in [-0.25, -0.2) is 13.6 Å². The molecule has 1 aliphatic carbocycles. The molecule has 1 N–H and O–H groups in total. The van der Waals surface area contributed by atoms with Crippen molar-refractivity contribution in [1.29, 1.82) is 0 Å². The van der Waals surface area contributed by atoms with Crippen molar-refractivity contribution in [3.63, 3.8) is 0 Å². The first-order valence-electron chi connectivity index (χ1n) is 6.50. The number of rotatable bonds is 3. The van der Waals surface area contributed by atoms with Gasteiger partial charge in [-0.3, -0.25) is 4.79 Å². The van der Waals surface area contributed by atoms with Crippen molar-refractivity contribution >= 4 is 17.1 Å². The van der Waals surface area contributed by atoms with E-state index >= 15 is 0 Å². The summed E-state index contributed by atoms with van der Waals surface area (Å²) in [5.74, 6) is -3.86. The highest BCUT2D eigenvalue weighted by atomic mass is 19.2. The predicted molar refractivity (Wildman–Crippen MR) is 71.9 cm³/mol. The number of pyridine rings is 1. The van der Waals surface area contributed by atoms with Crippen LogP contribution in [0.1, 0.15) is 12.5 Å². The smallest absolute Gasteiger partial charge is 0.491 e. The van der Waals surface area contributed by atoms with E-state index in [-0.39, 0.29) is 17.3 Å². The van der Waals surface area contributed by atoms with Crippen molar-refractivity contribution in [3.8, 4) is 11.5 Å². The Hall–Kier alpha value is -2.71. The molecule has 0 bridgehead atoms. The molecule has 0 aliphatic heterocycles. The minimum atomic E-state index is -1.75. The van der Waals surface area contributed by atoms with Gasteiger partial charge in [0.1, 0.15) is 6.17 Å². The number of carboxylic acid groups (broad SMARTS) is 1. The molecule has 0 spiro atoms. The molecule has 1 saturated carbocycles. The summed E-state index contributed by atoms with van der Waals surface area (Å²) >= 11 is 0. The molecule has 6 nitrogen and oxygen atoms in total. The van der Waals surface area contributed by atoms with Crippen LogP contribution in [0.5, 0.6) is 11.5 Å². The van der Waals surface area contributed by atoms with Crippen LogP contribution in [0.4, 0.5) is 18.0 Å². The normalized spacial score (nSPS) is 19.7. The zero-order valence-electron chi connectivity index (χ0n) is 11.7. The molecule has 0 saturated heterocycles. The third kappa shape index (κ3) is 2.37. The van der Waals surface area contributed by atoms with E-state index in [1.54, 1.807) is 0 Å². The van der Waals surface area contributed by atoms with Crippen LogP contribution in [-0.4, -0.2) is 29.1 Å². The van der Waals surface area contributed by atoms with Crippen LogP contribution in [-0.2, 0) is 0 Å². The molecular weight excluding hydrogens is 319 g/mol. The molecule has 0 unspecified atom stereocenters. The van der Waals surface area contributed by atoms with Gasteiger partial charge in [-0.15, -0.1) is 0 Å². The van der Waals surface area contributed by atoms with Crippen LogP contribution in [0.3, 0.4) is 0 Å². The maximum atomic E-state index is 13.9. The quantitative estimate of drug-likeness (QED) is 0.876. The number of hydrogen-bond donors (Lipinski definition) is 1. The highest BCUT2D eigenvalue weighted by Gasteiger charge is 2.41. The zero-order valence-corrected chi connectivity index (χ0v) is 11.7. The van der Waals surface area contributed by atoms with E-state index in [2.05, 4.69) is 4.74 Å². The predicted octanol–water partition coefficient (Wildman–Crippen LogP) is 2.63. The summed E-state index contributed by atoms with van der Waals surface area (Å²) in [6.45, 7) is 0. The Kier molecular flexibility index (Phi) is 3.42. The number of hydrogen-bond acceptors (Lipinski definition) is 4. The van der Waals surface area contributed by atoms with Crippen LogP contribution >= 0.6 is 0 Å². The van der Waals surface area contributed by atoms with Gasteiger partial charge in [-0.2, -0.15) is 4.39 Å². The standard InChI is InChI=1S/C14H10F3NO5/c1-22-13-10(17)7(16)2-5-11(13)18(8-3-6(8)15)4-9(12(5)19)23-14(20)21/h2,4,6,8H,3H2,1H3,(H,20,21)/t6-,8-/m1/s1. The lowest BCUT2D eigenvalue weighted by molar-refractivity contribution is 0.143. The third-order valence-electron chi connectivity index (χ3n) is 3.57. The summed E-state index contributed by atoms with van der Waals surface area (Å²) in [6, 6.07) is -0.135. The zero-order chi connectivity index (χ0) is 16.9. The van der Waals surface area contributed by atoms with Crippen molar-refractivity contribution in [2.45, 2.75) is 18.6 Å². The fraction of sp³-hybridized carbons (Fsp3) is 0.286. The summed E-state index contributed by atoms with van der Waals surface area (Å²) in [5, 5.41) is 8.29. The molecule has 1 aromatic carbocycles. The van der Waals surface area contributed by atoms with E-state index in [4.69, 9.17) is 9.84 Å². The molecule has 1 fully saturated rings. The Balaban J connectivity index is 2.41. The van der Waals surface area contributed by atoms with E-state index < -0.39 is 46.9 Å². The van der Waals surface area contributed by atoms with Gasteiger partial charge in [0.15, 0.2) is 17.3 Å². The Bertz CT molecular complexity index is 879. The van der Waals surface area contributed by atoms with Crippen LogP contribution in [0, 0.1) is 11.6 Å². The number of fused-ring (bicyclic) bond motifs is 1. The van der Waals surface area contributed by atoms with Crippen molar-refractivity contribution in [1.82, 2.24) is 4.57 Å². The average Bonchev–Trinajstić information content (AvgIpc) is 3.20. The fourth-order valence-electron chi connectivity index (χ4n) is 2.46. The van der Waals surface area contributed by atoms with Crippen molar-refractivity contribution < 1.29 is 32.5 Å². The van der Waals surface area contributed by atoms with Crippen LogP contribution in [0.25, 0.3) is 10.9 Å². The van der Waals surface area contributed by atoms with E-state index in [1.807, 2.05) is 0 Å². The highest BCUT2D eigenvalue weighted by Crippen LogP contribution is 2.43. The Morgan fingerprint density at radius 3 is 2.61 bits per heavy atom. The molecule has 9 heteroatoms. The minimum Gasteiger partial charge on any atom is -0.491 e. The number of carbonyl (C=O) groups is 1. The molecule has 2 atom stereocenters. The van der Waals surface area contributed by atoms with Gasteiger partial charge in [0, 0.05) is 6.42 Å². The lowest BCUT2D eigenvalue weighted by atomic mass is 10.1. The van der Waals surface area contributed by atoms with Crippen LogP contribution in [0.2, 0.25) is 0 Å². The van der Waals surface area contributed by atoms with E-state index in [0.717, 1.165) is 17.9 Å². The van der Waals surface area contributed by atoms with Crippen LogP contribution < -0.4 is 14.9 Å². The number of ether oxygens (including phenoxy) is 2. The summed E-state index contributed by atoms with van der Waals surface area (Å²) in [6.07, 6.45) is -1.96. The third-order valence-corrected chi connectivity index (χ3v) is 3.57. The van der Waals surface area contributed by atoms with Gasteiger partial charge in [-0.05, 0) is 6.07 Å². The minimum absolute atomic E-state index is 0.0899. The van der Waals surface area contributed by atoms with E-state index in [1.165, 1.54) is 0 Å². The number of nitrogens with zero attached hydrogens (tertiary/aromatic N) is 1. The average molecular weight is 329 g/mol. The van der Waals surface area contributed by atoms with Gasteiger partial charge < -0.3 is 19.1 Å². The molecule has 2 aromatic rings. The summed E-state index contributed by atoms with van der Waals surface area (Å²) in [4.78, 5) is 22.9. The number of methoxy groups -OCH3 is 1. The molecule has 0 radical (unpaired) electrons. The maximum absolute atomic E-state index is 13.9. The van der Waals surface area contributed by atoms with Crippen molar-refractivity contribution in [2.24, 2.45) is 0 Å². The summed E-state index contributed by atoms with van der Waals surface area (Å²) < 4.78 is 51.3.